The van der Waals surface area contributed by atoms with Crippen LogP contribution in [-0.2, 0) is 29.2 Å². The summed E-state index contributed by atoms with van der Waals surface area (Å²) in [5.74, 6) is -2.90. The monoisotopic (exact) mass is 908 g/mol. The van der Waals surface area contributed by atoms with E-state index in [1.807, 2.05) is 36.4 Å². The molecule has 0 spiro atoms. The molecule has 1 atom stereocenters. The van der Waals surface area contributed by atoms with E-state index in [-0.39, 0.29) is 48.5 Å². The lowest BCUT2D eigenvalue weighted by Gasteiger charge is -2.27. The molecule has 1 fully saturated rings. The SMILES string of the molecule is CN(CC(=O)NCCCCCNc1cccc2c1C(=O)N(C1CCC(=O)NC1=O)C2=O)c1cc(-c2cccc(-c3csc(NC(=O)CNC(=O)c4ccn(S(C)(=O)=O)c4)n3)c2)ccn1. The molecule has 7 amide bonds. The summed E-state index contributed by atoms with van der Waals surface area (Å²) in [5.41, 5.74) is 4.19. The van der Waals surface area contributed by atoms with Crippen molar-refractivity contribution in [2.75, 3.05) is 55.0 Å². The molecule has 0 aliphatic carbocycles. The van der Waals surface area contributed by atoms with Gasteiger partial charge in [-0.05, 0) is 73.2 Å². The van der Waals surface area contributed by atoms with Crippen molar-refractivity contribution in [3.8, 4) is 22.4 Å². The van der Waals surface area contributed by atoms with E-state index in [9.17, 15) is 42.0 Å². The molecule has 3 aromatic heterocycles. The highest BCUT2D eigenvalue weighted by molar-refractivity contribution is 7.89. The van der Waals surface area contributed by atoms with E-state index in [0.29, 0.717) is 41.8 Å². The van der Waals surface area contributed by atoms with Crippen molar-refractivity contribution in [3.63, 3.8) is 0 Å². The largest absolute Gasteiger partial charge is 0.384 e. The van der Waals surface area contributed by atoms with Crippen LogP contribution in [0.3, 0.4) is 0 Å². The molecule has 0 radical (unpaired) electrons. The zero-order valence-electron chi connectivity index (χ0n) is 34.8. The molecule has 2 aliphatic heterocycles. The molecular weight excluding hydrogens is 865 g/mol. The summed E-state index contributed by atoms with van der Waals surface area (Å²) in [6.45, 7) is 0.705. The van der Waals surface area contributed by atoms with Gasteiger partial charge in [0.25, 0.3) is 17.7 Å². The van der Waals surface area contributed by atoms with E-state index in [2.05, 4.69) is 36.6 Å². The number of amides is 7. The molecule has 1 unspecified atom stereocenters. The Bertz CT molecular complexity index is 2770. The molecule has 21 heteroatoms. The lowest BCUT2D eigenvalue weighted by Crippen LogP contribution is -2.54. The van der Waals surface area contributed by atoms with Gasteiger partial charge in [-0.2, -0.15) is 0 Å². The Morgan fingerprint density at radius 2 is 1.67 bits per heavy atom. The average molecular weight is 909 g/mol. The first-order chi connectivity index (χ1) is 30.7. The quantitative estimate of drug-likeness (QED) is 0.0627. The number of thiazole rings is 1. The summed E-state index contributed by atoms with van der Waals surface area (Å²) >= 11 is 1.22. The number of aromatic nitrogens is 3. The number of nitrogens with zero attached hydrogens (tertiary/aromatic N) is 5. The Morgan fingerprint density at radius 3 is 2.45 bits per heavy atom. The number of carbonyl (C=O) groups excluding carboxylic acids is 7. The van der Waals surface area contributed by atoms with Crippen LogP contribution in [-0.4, -0.2) is 114 Å². The maximum absolute atomic E-state index is 13.3. The highest BCUT2D eigenvalue weighted by Crippen LogP contribution is 2.33. The number of hydrogen-bond acceptors (Lipinski definition) is 14. The number of pyridine rings is 1. The topological polar surface area (TPSA) is 251 Å². The van der Waals surface area contributed by atoms with Crippen LogP contribution in [0.5, 0.6) is 0 Å². The summed E-state index contributed by atoms with van der Waals surface area (Å²) in [5, 5.41) is 15.7. The summed E-state index contributed by atoms with van der Waals surface area (Å²) in [6.07, 6.45) is 7.45. The lowest BCUT2D eigenvalue weighted by atomic mass is 10.0. The zero-order valence-corrected chi connectivity index (χ0v) is 36.4. The minimum atomic E-state index is -3.54. The van der Waals surface area contributed by atoms with Gasteiger partial charge in [-0.3, -0.25) is 47.8 Å². The Hall–Kier alpha value is -7.26. The highest BCUT2D eigenvalue weighted by atomic mass is 32.2. The lowest BCUT2D eigenvalue weighted by molar-refractivity contribution is -0.136. The number of rotatable bonds is 18. The number of fused-ring (bicyclic) bond motifs is 1. The van der Waals surface area contributed by atoms with E-state index in [4.69, 9.17) is 0 Å². The zero-order chi connectivity index (χ0) is 45.5. The van der Waals surface area contributed by atoms with Crippen LogP contribution in [0.25, 0.3) is 22.4 Å². The Morgan fingerprint density at radius 1 is 0.906 bits per heavy atom. The number of anilines is 3. The van der Waals surface area contributed by atoms with E-state index in [1.165, 1.54) is 29.8 Å². The van der Waals surface area contributed by atoms with Crippen LogP contribution in [0, 0.1) is 0 Å². The van der Waals surface area contributed by atoms with Crippen LogP contribution < -0.4 is 31.5 Å². The minimum absolute atomic E-state index is 0.0466. The maximum atomic E-state index is 13.3. The molecule has 5 N–H and O–H groups in total. The average Bonchev–Trinajstić information content (AvgIpc) is 4.02. The summed E-state index contributed by atoms with van der Waals surface area (Å²) in [4.78, 5) is 100.0. The summed E-state index contributed by atoms with van der Waals surface area (Å²) in [7, 11) is -1.76. The standard InChI is InChI=1S/C43H44N10O9S2/c1-51(24-37(56)46-17-5-3-4-16-44-31-11-7-10-30-38(31)42(60)53(41(30)59)33-12-13-35(54)49-40(33)58)34-21-27(14-18-45-34)26-8-6-9-28(20-26)32-25-63-43(48-32)50-36(55)22-47-39(57)29-15-19-52(23-29)64(2,61)62/h6-11,14-15,18-21,23,25,33,44H,3-5,12-13,16-17,22,24H2,1-2H3,(H,46,56)(H,47,57)(H,48,50,55)(H,49,54,58). The van der Waals surface area contributed by atoms with Crippen LogP contribution in [0.1, 0.15) is 63.2 Å². The van der Waals surface area contributed by atoms with Crippen molar-refractivity contribution in [1.29, 1.82) is 0 Å². The van der Waals surface area contributed by atoms with Crippen LogP contribution in [0.15, 0.2) is 84.6 Å². The molecule has 2 aromatic carbocycles. The Labute approximate surface area is 371 Å². The fourth-order valence-electron chi connectivity index (χ4n) is 7.16. The van der Waals surface area contributed by atoms with Gasteiger partial charge in [0.1, 0.15) is 11.9 Å². The van der Waals surface area contributed by atoms with Gasteiger partial charge in [-0.1, -0.05) is 24.3 Å². The van der Waals surface area contributed by atoms with Crippen molar-refractivity contribution in [1.82, 2.24) is 34.8 Å². The Kier molecular flexibility index (Phi) is 13.6. The van der Waals surface area contributed by atoms with Gasteiger partial charge in [0.05, 0.1) is 41.7 Å². The predicted molar refractivity (Wildman–Crippen MR) is 238 cm³/mol. The number of nitrogens with one attached hydrogen (secondary N) is 5. The number of benzene rings is 2. The molecular formula is C43H44N10O9S2. The molecule has 0 saturated carbocycles. The second-order valence-electron chi connectivity index (χ2n) is 15.1. The predicted octanol–water partition coefficient (Wildman–Crippen LogP) is 3.09. The van der Waals surface area contributed by atoms with Crippen LogP contribution >= 0.6 is 11.3 Å². The first-order valence-corrected chi connectivity index (χ1v) is 22.9. The normalized spacial score (nSPS) is 14.8. The third-order valence-corrected chi connectivity index (χ3v) is 12.2. The van der Waals surface area contributed by atoms with Crippen molar-refractivity contribution in [2.24, 2.45) is 0 Å². The second-order valence-corrected chi connectivity index (χ2v) is 17.9. The fraction of sp³-hybridized carbons (Fsp3) is 0.279. The van der Waals surface area contributed by atoms with Crippen molar-refractivity contribution in [2.45, 2.75) is 38.1 Å². The number of likely N-dealkylation sites (N-methyl/N-ethyl adjacent to an activating group) is 1. The minimum Gasteiger partial charge on any atom is -0.384 e. The number of piperidine rings is 1. The summed E-state index contributed by atoms with van der Waals surface area (Å²) in [6, 6.07) is 16.7. The number of unbranched alkanes of at least 4 members (excludes halogenated alkanes) is 2. The fourth-order valence-corrected chi connectivity index (χ4v) is 8.49. The number of carbonyl (C=O) groups is 7. The van der Waals surface area contributed by atoms with Gasteiger partial charge < -0.3 is 26.2 Å². The van der Waals surface area contributed by atoms with E-state index < -0.39 is 51.5 Å². The van der Waals surface area contributed by atoms with E-state index in [1.54, 1.807) is 41.7 Å². The molecule has 0 bridgehead atoms. The van der Waals surface area contributed by atoms with Gasteiger partial charge in [-0.15, -0.1) is 11.3 Å². The van der Waals surface area contributed by atoms with E-state index in [0.717, 1.165) is 44.7 Å². The summed E-state index contributed by atoms with van der Waals surface area (Å²) < 4.78 is 24.2. The molecule has 2 aliphatic rings. The van der Waals surface area contributed by atoms with Gasteiger partial charge in [0.2, 0.25) is 33.7 Å². The van der Waals surface area contributed by atoms with Gasteiger partial charge in [0.15, 0.2) is 5.13 Å². The smallest absolute Gasteiger partial charge is 0.264 e. The molecule has 64 heavy (non-hydrogen) atoms. The number of hydrogen-bond donors (Lipinski definition) is 5. The van der Waals surface area contributed by atoms with Crippen LogP contribution in [0.4, 0.5) is 16.6 Å². The highest BCUT2D eigenvalue weighted by Gasteiger charge is 2.45. The molecule has 332 valence electrons. The molecule has 5 aromatic rings. The van der Waals surface area contributed by atoms with Crippen molar-refractivity contribution in [3.05, 3.63) is 101 Å². The molecule has 1 saturated heterocycles. The second kappa shape index (κ2) is 19.4. The van der Waals surface area contributed by atoms with Crippen molar-refractivity contribution < 1.29 is 42.0 Å². The van der Waals surface area contributed by atoms with Crippen LogP contribution in [0.2, 0.25) is 0 Å². The first-order valence-electron chi connectivity index (χ1n) is 20.2. The maximum Gasteiger partial charge on any atom is 0.264 e. The Balaban J connectivity index is 0.834. The van der Waals surface area contributed by atoms with Crippen molar-refractivity contribution >= 4 is 79.3 Å². The molecule has 19 nitrogen and oxygen atoms in total. The molecule has 5 heterocycles. The first kappa shape index (κ1) is 44.8. The van der Waals surface area contributed by atoms with E-state index >= 15 is 0 Å². The van der Waals surface area contributed by atoms with Gasteiger partial charge in [-0.25, -0.2) is 18.4 Å². The third-order valence-electron chi connectivity index (χ3n) is 10.4. The van der Waals surface area contributed by atoms with Gasteiger partial charge in [0, 0.05) is 61.8 Å². The van der Waals surface area contributed by atoms with Gasteiger partial charge >= 0.3 is 0 Å². The molecule has 7 rings (SSSR count). The number of imide groups is 2. The third kappa shape index (κ3) is 10.5.